The Kier molecular flexibility index (Phi) is 1.67. The molecule has 7 heavy (non-hydrogen) atoms. The minimum absolute atomic E-state index is 0.0185. The third-order valence-corrected chi connectivity index (χ3v) is 1.48. The normalized spacial score (nSPS) is 30.6. The van der Waals surface area contributed by atoms with Crippen LogP contribution in [-0.4, -0.2) is 18.9 Å². The fourth-order valence-electron chi connectivity index (χ4n) is 0.366. The van der Waals surface area contributed by atoms with Crippen molar-refractivity contribution in [3.8, 4) is 0 Å². The Labute approximate surface area is 46.1 Å². The Hall–Kier alpha value is -0.0600. The summed E-state index contributed by atoms with van der Waals surface area (Å²) in [5.74, 6) is 0. The zero-order valence-electron chi connectivity index (χ0n) is 3.68. The van der Waals surface area contributed by atoms with Crippen LogP contribution in [0.2, 0.25) is 0 Å². The van der Waals surface area contributed by atoms with Gasteiger partial charge in [0.2, 0.25) is 0 Å². The van der Waals surface area contributed by atoms with Gasteiger partial charge in [-0.1, -0.05) is 0 Å². The maximum atomic E-state index is 9.89. The van der Waals surface area contributed by atoms with Gasteiger partial charge in [-0.05, 0) is 0 Å². The lowest BCUT2D eigenvalue weighted by Gasteiger charge is -1.90. The van der Waals surface area contributed by atoms with Crippen LogP contribution in [-0.2, 0) is 4.79 Å². The van der Waals surface area contributed by atoms with Gasteiger partial charge in [-0.15, -0.1) is 0 Å². The molecule has 0 aliphatic carbocycles. The second-order valence-electron chi connectivity index (χ2n) is 1.31. The average Bonchev–Trinajstić information content (AvgIpc) is 2.14. The molecule has 0 bridgehead atoms. The molecule has 1 aliphatic rings. The summed E-state index contributed by atoms with van der Waals surface area (Å²) in [6, 6.07) is 0.0185. The highest BCUT2D eigenvalue weighted by Gasteiger charge is 2.11. The van der Waals surface area contributed by atoms with Gasteiger partial charge < -0.3 is 4.79 Å². The summed E-state index contributed by atoms with van der Waals surface area (Å²) in [4.78, 5) is 9.89. The Morgan fingerprint density at radius 2 is 2.71 bits per heavy atom. The van der Waals surface area contributed by atoms with Gasteiger partial charge in [-0.25, -0.2) is 9.44 Å². The van der Waals surface area contributed by atoms with Gasteiger partial charge in [0.1, 0.15) is 6.29 Å². The molecule has 0 radical (unpaired) electrons. The quantitative estimate of drug-likeness (QED) is 0.353. The van der Waals surface area contributed by atoms with Crippen LogP contribution in [0.1, 0.15) is 0 Å². The Balaban J connectivity index is 2.26. The summed E-state index contributed by atoms with van der Waals surface area (Å²) in [5.41, 5.74) is 0. The van der Waals surface area contributed by atoms with Crippen molar-refractivity contribution in [2.24, 2.45) is 0 Å². The molecule has 2 N–H and O–H groups in total. The number of nitrogens with one attached hydrogen (secondary N) is 2. The van der Waals surface area contributed by atoms with E-state index in [2.05, 4.69) is 9.44 Å². The van der Waals surface area contributed by atoms with Crippen molar-refractivity contribution in [1.29, 1.82) is 0 Å². The number of carbonyl (C=O) groups excluding carboxylic acids is 1. The van der Waals surface area contributed by atoms with Gasteiger partial charge in [-0.2, -0.15) is 0 Å². The SMILES string of the molecule is O=CC1CNSN1. The first-order chi connectivity index (χ1) is 3.43. The van der Waals surface area contributed by atoms with E-state index < -0.39 is 0 Å². The summed E-state index contributed by atoms with van der Waals surface area (Å²) in [6.45, 7) is 0.744. The van der Waals surface area contributed by atoms with Crippen LogP contribution in [0.15, 0.2) is 0 Å². The van der Waals surface area contributed by atoms with Gasteiger partial charge in [-0.3, -0.25) is 0 Å². The Morgan fingerprint density at radius 3 is 3.00 bits per heavy atom. The first-order valence-corrected chi connectivity index (χ1v) is 2.84. The lowest BCUT2D eigenvalue weighted by atomic mass is 10.4. The van der Waals surface area contributed by atoms with Crippen LogP contribution >= 0.6 is 12.1 Å². The van der Waals surface area contributed by atoms with Crippen LogP contribution in [0.4, 0.5) is 0 Å². The van der Waals surface area contributed by atoms with E-state index in [4.69, 9.17) is 0 Å². The molecule has 3 nitrogen and oxygen atoms in total. The number of rotatable bonds is 1. The number of hydrogen-bond acceptors (Lipinski definition) is 4. The molecule has 1 saturated heterocycles. The highest BCUT2D eigenvalue weighted by atomic mass is 32.2. The van der Waals surface area contributed by atoms with Crippen molar-refractivity contribution in [2.45, 2.75) is 6.04 Å². The van der Waals surface area contributed by atoms with E-state index in [1.54, 1.807) is 0 Å². The second kappa shape index (κ2) is 2.30. The maximum Gasteiger partial charge on any atom is 0.139 e. The van der Waals surface area contributed by atoms with E-state index in [1.165, 1.54) is 12.1 Å². The van der Waals surface area contributed by atoms with Gasteiger partial charge in [0.25, 0.3) is 0 Å². The smallest absolute Gasteiger partial charge is 0.139 e. The molecule has 0 aromatic carbocycles. The molecule has 0 aromatic heterocycles. The second-order valence-corrected chi connectivity index (χ2v) is 2.04. The summed E-state index contributed by atoms with van der Waals surface area (Å²) >= 11 is 1.38. The minimum atomic E-state index is 0.0185. The molecule has 0 aromatic rings. The van der Waals surface area contributed by atoms with E-state index in [-0.39, 0.29) is 6.04 Å². The predicted octanol–water partition coefficient (Wildman–Crippen LogP) is -0.690. The van der Waals surface area contributed by atoms with E-state index in [9.17, 15) is 4.79 Å². The van der Waals surface area contributed by atoms with Crippen molar-refractivity contribution >= 4 is 18.4 Å². The van der Waals surface area contributed by atoms with Crippen molar-refractivity contribution in [1.82, 2.24) is 9.44 Å². The molecular formula is C3H6N2OS. The molecule has 0 spiro atoms. The third-order valence-electron chi connectivity index (χ3n) is 0.750. The van der Waals surface area contributed by atoms with E-state index in [1.807, 2.05) is 0 Å². The Bertz CT molecular complexity index is 71.3. The lowest BCUT2D eigenvalue weighted by Crippen LogP contribution is -2.22. The average molecular weight is 118 g/mol. The molecule has 1 aliphatic heterocycles. The molecule has 1 heterocycles. The highest BCUT2D eigenvalue weighted by Crippen LogP contribution is 1.96. The highest BCUT2D eigenvalue weighted by molar-refractivity contribution is 7.95. The molecule has 1 rings (SSSR count). The molecule has 1 unspecified atom stereocenters. The van der Waals surface area contributed by atoms with E-state index >= 15 is 0 Å². The van der Waals surface area contributed by atoms with Crippen molar-refractivity contribution in [2.75, 3.05) is 6.54 Å². The van der Waals surface area contributed by atoms with Crippen LogP contribution < -0.4 is 9.44 Å². The summed E-state index contributed by atoms with van der Waals surface area (Å²) in [7, 11) is 0. The molecule has 0 saturated carbocycles. The van der Waals surface area contributed by atoms with Gasteiger partial charge in [0.05, 0.1) is 6.04 Å². The van der Waals surface area contributed by atoms with Gasteiger partial charge in [0, 0.05) is 18.7 Å². The van der Waals surface area contributed by atoms with Gasteiger partial charge >= 0.3 is 0 Å². The minimum Gasteiger partial charge on any atom is -0.302 e. The van der Waals surface area contributed by atoms with E-state index in [0.717, 1.165) is 12.8 Å². The standard InChI is InChI=1S/C3H6N2OS/c6-2-3-1-4-7-5-3/h2-5H,1H2. The van der Waals surface area contributed by atoms with Gasteiger partial charge in [0.15, 0.2) is 0 Å². The van der Waals surface area contributed by atoms with Crippen molar-refractivity contribution in [3.05, 3.63) is 0 Å². The number of carbonyl (C=O) groups is 1. The largest absolute Gasteiger partial charge is 0.302 e. The fraction of sp³-hybridized carbons (Fsp3) is 0.667. The van der Waals surface area contributed by atoms with E-state index in [0.29, 0.717) is 0 Å². The fourth-order valence-corrected chi connectivity index (χ4v) is 1.00. The lowest BCUT2D eigenvalue weighted by molar-refractivity contribution is -0.108. The van der Waals surface area contributed by atoms with Crippen LogP contribution in [0.25, 0.3) is 0 Å². The first-order valence-electron chi connectivity index (χ1n) is 2.03. The summed E-state index contributed by atoms with van der Waals surface area (Å²) < 4.78 is 5.74. The zero-order chi connectivity index (χ0) is 5.11. The number of aldehydes is 1. The van der Waals surface area contributed by atoms with Crippen LogP contribution in [0.3, 0.4) is 0 Å². The summed E-state index contributed by atoms with van der Waals surface area (Å²) in [6.07, 6.45) is 0.896. The van der Waals surface area contributed by atoms with Crippen molar-refractivity contribution < 1.29 is 4.79 Å². The van der Waals surface area contributed by atoms with Crippen LogP contribution in [0.5, 0.6) is 0 Å². The zero-order valence-corrected chi connectivity index (χ0v) is 4.49. The van der Waals surface area contributed by atoms with Crippen LogP contribution in [0, 0.1) is 0 Å². The molecular weight excluding hydrogens is 112 g/mol. The van der Waals surface area contributed by atoms with Crippen molar-refractivity contribution in [3.63, 3.8) is 0 Å². The third kappa shape index (κ3) is 1.15. The Morgan fingerprint density at radius 1 is 1.86 bits per heavy atom. The monoisotopic (exact) mass is 118 g/mol. The molecule has 1 fully saturated rings. The maximum absolute atomic E-state index is 9.89. The summed E-state index contributed by atoms with van der Waals surface area (Å²) in [5, 5.41) is 0. The first kappa shape index (κ1) is 5.08. The topological polar surface area (TPSA) is 41.1 Å². The molecule has 4 heteroatoms. The molecule has 1 atom stereocenters. The molecule has 40 valence electrons. The predicted molar refractivity (Wildman–Crippen MR) is 28.6 cm³/mol. The number of hydrogen-bond donors (Lipinski definition) is 2. The molecule has 0 amide bonds.